The molecule has 2 rings (SSSR count). The van der Waals surface area contributed by atoms with Crippen LogP contribution < -0.4 is 10.6 Å². The van der Waals surface area contributed by atoms with Crippen LogP contribution >= 0.6 is 0 Å². The molecule has 1 heterocycles. The van der Waals surface area contributed by atoms with Crippen LogP contribution in [0.4, 0.5) is 11.4 Å². The van der Waals surface area contributed by atoms with Crippen LogP contribution in [-0.2, 0) is 0 Å². The van der Waals surface area contributed by atoms with Crippen molar-refractivity contribution in [3.05, 3.63) is 36.7 Å². The number of hydrogen-bond acceptors (Lipinski definition) is 4. The Morgan fingerprint density at radius 1 is 1.22 bits per heavy atom. The van der Waals surface area contributed by atoms with Crippen molar-refractivity contribution in [3.8, 4) is 0 Å². The van der Waals surface area contributed by atoms with Crippen molar-refractivity contribution < 1.29 is 0 Å². The fourth-order valence-electron chi connectivity index (χ4n) is 2.14. The minimum Gasteiger partial charge on any atom is -0.399 e. The predicted octanol–water partition coefficient (Wildman–Crippen LogP) is 1.77. The summed E-state index contributed by atoms with van der Waals surface area (Å²) in [7, 11) is 2.09. The Hall–Kier alpha value is -1.84. The van der Waals surface area contributed by atoms with Crippen LogP contribution in [0, 0.1) is 0 Å². The Morgan fingerprint density at radius 2 is 1.94 bits per heavy atom. The van der Waals surface area contributed by atoms with E-state index in [4.69, 9.17) is 5.73 Å². The quantitative estimate of drug-likeness (QED) is 0.803. The van der Waals surface area contributed by atoms with Crippen molar-refractivity contribution in [2.75, 3.05) is 44.0 Å². The van der Waals surface area contributed by atoms with Gasteiger partial charge in [-0.1, -0.05) is 0 Å². The molecule has 0 saturated heterocycles. The molecule has 4 nitrogen and oxygen atoms in total. The van der Waals surface area contributed by atoms with E-state index in [0.717, 1.165) is 32.0 Å². The number of benzene rings is 1. The zero-order valence-electron chi connectivity index (χ0n) is 11.2. The van der Waals surface area contributed by atoms with Gasteiger partial charge in [-0.2, -0.15) is 0 Å². The minimum atomic E-state index is 0.818. The van der Waals surface area contributed by atoms with E-state index in [-0.39, 0.29) is 0 Å². The number of rotatable bonds is 5. The lowest BCUT2D eigenvalue weighted by Crippen LogP contribution is -2.33. The number of nitrogens with two attached hydrogens (primary N) is 1. The maximum atomic E-state index is 5.72. The van der Waals surface area contributed by atoms with Gasteiger partial charge in [-0.25, -0.2) is 0 Å². The van der Waals surface area contributed by atoms with Crippen LogP contribution in [0.1, 0.15) is 6.92 Å². The minimum absolute atomic E-state index is 0.818. The number of likely N-dealkylation sites (N-methyl/N-ethyl adjacent to an activating group) is 1. The molecule has 2 N–H and O–H groups in total. The van der Waals surface area contributed by atoms with Gasteiger partial charge < -0.3 is 20.4 Å². The van der Waals surface area contributed by atoms with E-state index in [1.54, 1.807) is 0 Å². The van der Waals surface area contributed by atoms with Crippen molar-refractivity contribution in [1.82, 2.24) is 9.80 Å². The highest BCUT2D eigenvalue weighted by molar-refractivity contribution is 5.53. The lowest BCUT2D eigenvalue weighted by molar-refractivity contribution is 0.301. The number of nitrogens with zero attached hydrogens (tertiary/aromatic N) is 3. The van der Waals surface area contributed by atoms with Crippen molar-refractivity contribution in [3.63, 3.8) is 0 Å². The topological polar surface area (TPSA) is 35.7 Å². The molecule has 0 fully saturated rings. The SMILES string of the molecule is CCN(CCN1C=CN(C)C1)c1ccc(N)cc1. The van der Waals surface area contributed by atoms with Gasteiger partial charge in [0, 0.05) is 50.5 Å². The molecule has 0 spiro atoms. The molecule has 0 aliphatic carbocycles. The maximum absolute atomic E-state index is 5.72. The molecular formula is C14H22N4. The second kappa shape index (κ2) is 5.67. The average Bonchev–Trinajstić information content (AvgIpc) is 2.78. The van der Waals surface area contributed by atoms with Crippen molar-refractivity contribution in [2.45, 2.75) is 6.92 Å². The van der Waals surface area contributed by atoms with E-state index >= 15 is 0 Å². The summed E-state index contributed by atoms with van der Waals surface area (Å²) in [5, 5.41) is 0. The van der Waals surface area contributed by atoms with Crippen molar-refractivity contribution in [1.29, 1.82) is 0 Å². The van der Waals surface area contributed by atoms with Gasteiger partial charge in [0.2, 0.25) is 0 Å². The highest BCUT2D eigenvalue weighted by Gasteiger charge is 2.10. The molecule has 1 aliphatic heterocycles. The lowest BCUT2D eigenvalue weighted by Gasteiger charge is -2.26. The third-order valence-electron chi connectivity index (χ3n) is 3.23. The third-order valence-corrected chi connectivity index (χ3v) is 3.23. The molecule has 1 aromatic carbocycles. The first kappa shape index (κ1) is 12.6. The maximum Gasteiger partial charge on any atom is 0.0891 e. The third kappa shape index (κ3) is 3.09. The van der Waals surface area contributed by atoms with Crippen molar-refractivity contribution >= 4 is 11.4 Å². The first-order chi connectivity index (χ1) is 8.69. The fourth-order valence-corrected chi connectivity index (χ4v) is 2.14. The summed E-state index contributed by atoms with van der Waals surface area (Å²) in [6, 6.07) is 8.10. The van der Waals surface area contributed by atoms with Crippen LogP contribution in [0.2, 0.25) is 0 Å². The van der Waals surface area contributed by atoms with Gasteiger partial charge in [0.15, 0.2) is 0 Å². The van der Waals surface area contributed by atoms with Gasteiger partial charge in [0.25, 0.3) is 0 Å². The van der Waals surface area contributed by atoms with Crippen LogP contribution in [0.15, 0.2) is 36.7 Å². The highest BCUT2D eigenvalue weighted by Crippen LogP contribution is 2.16. The Morgan fingerprint density at radius 3 is 2.50 bits per heavy atom. The smallest absolute Gasteiger partial charge is 0.0891 e. The summed E-state index contributed by atoms with van der Waals surface area (Å²) in [5.41, 5.74) is 7.77. The molecule has 1 aliphatic rings. The summed E-state index contributed by atoms with van der Waals surface area (Å²) >= 11 is 0. The summed E-state index contributed by atoms with van der Waals surface area (Å²) in [6.45, 7) is 6.25. The van der Waals surface area contributed by atoms with E-state index in [2.05, 4.69) is 53.2 Å². The van der Waals surface area contributed by atoms with Crippen LogP contribution in [0.25, 0.3) is 0 Å². The number of nitrogen functional groups attached to an aromatic ring is 1. The molecule has 0 saturated carbocycles. The molecule has 0 unspecified atom stereocenters. The van der Waals surface area contributed by atoms with E-state index in [9.17, 15) is 0 Å². The highest BCUT2D eigenvalue weighted by atomic mass is 15.3. The molecule has 0 aromatic heterocycles. The Bertz CT molecular complexity index is 399. The first-order valence-electron chi connectivity index (χ1n) is 6.42. The molecule has 4 heteroatoms. The lowest BCUT2D eigenvalue weighted by atomic mass is 10.2. The zero-order chi connectivity index (χ0) is 13.0. The number of anilines is 2. The summed E-state index contributed by atoms with van der Waals surface area (Å²) in [4.78, 5) is 6.87. The average molecular weight is 246 g/mol. The van der Waals surface area contributed by atoms with E-state index in [0.29, 0.717) is 0 Å². The molecule has 0 atom stereocenters. The van der Waals surface area contributed by atoms with Gasteiger partial charge in [0.05, 0.1) is 6.67 Å². The van der Waals surface area contributed by atoms with Gasteiger partial charge >= 0.3 is 0 Å². The molecule has 0 amide bonds. The standard InChI is InChI=1S/C14H22N4/c1-3-18(14-6-4-13(15)5-7-14)11-10-17-9-8-16(2)12-17/h4-9H,3,10-12,15H2,1-2H3. The monoisotopic (exact) mass is 246 g/mol. The summed E-state index contributed by atoms with van der Waals surface area (Å²) in [6.07, 6.45) is 4.26. The zero-order valence-corrected chi connectivity index (χ0v) is 11.2. The van der Waals surface area contributed by atoms with Gasteiger partial charge in [-0.3, -0.25) is 0 Å². The van der Waals surface area contributed by atoms with Crippen LogP contribution in [0.5, 0.6) is 0 Å². The fraction of sp³-hybridized carbons (Fsp3) is 0.429. The van der Waals surface area contributed by atoms with Crippen LogP contribution in [-0.4, -0.2) is 43.2 Å². The second-order valence-corrected chi connectivity index (χ2v) is 4.68. The van der Waals surface area contributed by atoms with Crippen molar-refractivity contribution in [2.24, 2.45) is 0 Å². The first-order valence-corrected chi connectivity index (χ1v) is 6.42. The molecule has 0 radical (unpaired) electrons. The van der Waals surface area contributed by atoms with Gasteiger partial charge in [0.1, 0.15) is 0 Å². The molecule has 98 valence electrons. The largest absolute Gasteiger partial charge is 0.399 e. The van der Waals surface area contributed by atoms with Gasteiger partial charge in [-0.05, 0) is 31.2 Å². The van der Waals surface area contributed by atoms with Crippen LogP contribution in [0.3, 0.4) is 0 Å². The number of hydrogen-bond donors (Lipinski definition) is 1. The molecule has 0 bridgehead atoms. The second-order valence-electron chi connectivity index (χ2n) is 4.68. The normalized spacial score (nSPS) is 14.3. The summed E-state index contributed by atoms with van der Waals surface area (Å²) < 4.78 is 0. The van der Waals surface area contributed by atoms with E-state index < -0.39 is 0 Å². The summed E-state index contributed by atoms with van der Waals surface area (Å²) in [5.74, 6) is 0. The van der Waals surface area contributed by atoms with E-state index in [1.807, 2.05) is 12.1 Å². The molecule has 18 heavy (non-hydrogen) atoms. The Balaban J connectivity index is 1.89. The van der Waals surface area contributed by atoms with Gasteiger partial charge in [-0.15, -0.1) is 0 Å². The Kier molecular flexibility index (Phi) is 3.97. The molecular weight excluding hydrogens is 224 g/mol. The van der Waals surface area contributed by atoms with E-state index in [1.165, 1.54) is 5.69 Å². The Labute approximate surface area is 109 Å². The predicted molar refractivity (Wildman–Crippen MR) is 77.2 cm³/mol. The molecule has 1 aromatic rings.